The highest BCUT2D eigenvalue weighted by Crippen LogP contribution is 2.27. The summed E-state index contributed by atoms with van der Waals surface area (Å²) in [4.78, 5) is 2.58. The summed E-state index contributed by atoms with van der Waals surface area (Å²) in [5.41, 5.74) is -0.409. The Hall–Kier alpha value is -0.120. The Kier molecular flexibility index (Phi) is 5.67. The molecule has 1 saturated carbocycles. The molecule has 0 spiro atoms. The molecule has 2 aliphatic rings. The molecule has 2 N–H and O–H groups in total. The van der Waals surface area contributed by atoms with Gasteiger partial charge < -0.3 is 15.3 Å². The Morgan fingerprint density at radius 2 is 1.79 bits per heavy atom. The summed E-state index contributed by atoms with van der Waals surface area (Å²) in [5, 5.41) is 14.1. The van der Waals surface area contributed by atoms with Gasteiger partial charge in [-0.1, -0.05) is 33.1 Å². The van der Waals surface area contributed by atoms with E-state index in [9.17, 15) is 5.11 Å². The minimum atomic E-state index is -0.409. The Bertz CT molecular complexity index is 253. The van der Waals surface area contributed by atoms with Crippen molar-refractivity contribution in [3.63, 3.8) is 0 Å². The van der Waals surface area contributed by atoms with E-state index in [-0.39, 0.29) is 0 Å². The van der Waals surface area contributed by atoms with Gasteiger partial charge in [-0.2, -0.15) is 0 Å². The predicted octanol–water partition coefficient (Wildman–Crippen LogP) is 2.39. The van der Waals surface area contributed by atoms with Gasteiger partial charge in [0.05, 0.1) is 5.60 Å². The summed E-state index contributed by atoms with van der Waals surface area (Å²) in [6.45, 7) is 9.06. The number of rotatable bonds is 5. The number of nitrogens with one attached hydrogen (secondary N) is 1. The predicted molar refractivity (Wildman–Crippen MR) is 80.3 cm³/mol. The van der Waals surface area contributed by atoms with Gasteiger partial charge >= 0.3 is 0 Å². The van der Waals surface area contributed by atoms with Gasteiger partial charge in [0.2, 0.25) is 0 Å². The second kappa shape index (κ2) is 7.05. The number of aliphatic hydroxyl groups is 1. The van der Waals surface area contributed by atoms with E-state index in [4.69, 9.17) is 0 Å². The van der Waals surface area contributed by atoms with Crippen LogP contribution in [0.4, 0.5) is 0 Å². The largest absolute Gasteiger partial charge is 0.389 e. The summed E-state index contributed by atoms with van der Waals surface area (Å²) >= 11 is 0. The van der Waals surface area contributed by atoms with Crippen molar-refractivity contribution < 1.29 is 5.11 Å². The Labute approximate surface area is 118 Å². The monoisotopic (exact) mass is 268 g/mol. The number of nitrogens with zero attached hydrogens (tertiary/aromatic N) is 1. The van der Waals surface area contributed by atoms with Crippen LogP contribution in [0.3, 0.4) is 0 Å². The van der Waals surface area contributed by atoms with E-state index in [1.165, 1.54) is 51.7 Å². The highest BCUT2D eigenvalue weighted by atomic mass is 16.3. The quantitative estimate of drug-likeness (QED) is 0.803. The van der Waals surface area contributed by atoms with Crippen molar-refractivity contribution in [2.24, 2.45) is 5.92 Å². The zero-order valence-corrected chi connectivity index (χ0v) is 12.8. The first-order valence-corrected chi connectivity index (χ1v) is 8.25. The molecule has 0 unspecified atom stereocenters. The van der Waals surface area contributed by atoms with Crippen LogP contribution in [0.5, 0.6) is 0 Å². The minimum absolute atomic E-state index is 0.409. The van der Waals surface area contributed by atoms with Crippen LogP contribution in [0.15, 0.2) is 0 Å². The smallest absolute Gasteiger partial charge is 0.0771 e. The van der Waals surface area contributed by atoms with Crippen molar-refractivity contribution in [2.45, 2.75) is 70.4 Å². The average Bonchev–Trinajstić information content (AvgIpc) is 2.38. The molecule has 1 aliphatic carbocycles. The first-order valence-electron chi connectivity index (χ1n) is 8.25. The summed E-state index contributed by atoms with van der Waals surface area (Å²) in [5.74, 6) is 0.771. The molecule has 2 fully saturated rings. The van der Waals surface area contributed by atoms with Crippen LogP contribution < -0.4 is 5.32 Å². The van der Waals surface area contributed by atoms with Crippen molar-refractivity contribution in [2.75, 3.05) is 26.2 Å². The zero-order chi connectivity index (χ0) is 13.7. The Balaban J connectivity index is 1.65. The molecular weight excluding hydrogens is 236 g/mol. The molecule has 0 amide bonds. The third kappa shape index (κ3) is 5.05. The third-order valence-electron chi connectivity index (χ3n) is 4.71. The van der Waals surface area contributed by atoms with Gasteiger partial charge in [0.1, 0.15) is 0 Å². The molecule has 2 rings (SSSR count). The number of hydrogen-bond donors (Lipinski definition) is 2. The lowest BCUT2D eigenvalue weighted by Crippen LogP contribution is -2.49. The molecule has 1 aliphatic heterocycles. The Morgan fingerprint density at radius 1 is 1.16 bits per heavy atom. The molecule has 0 bridgehead atoms. The van der Waals surface area contributed by atoms with Crippen molar-refractivity contribution in [1.82, 2.24) is 10.2 Å². The van der Waals surface area contributed by atoms with Gasteiger partial charge in [0.15, 0.2) is 0 Å². The van der Waals surface area contributed by atoms with Crippen LogP contribution in [-0.4, -0.2) is 47.8 Å². The van der Waals surface area contributed by atoms with E-state index < -0.39 is 5.60 Å². The topological polar surface area (TPSA) is 35.5 Å². The molecule has 0 aromatic rings. The standard InChI is InChI=1S/C16H32N2O/c1-14(2)12-18-10-6-15(7-11-18)17-13-16(19)8-4-3-5-9-16/h14-15,17,19H,3-13H2,1-2H3. The summed E-state index contributed by atoms with van der Waals surface area (Å²) in [6.07, 6.45) is 8.16. The fraction of sp³-hybridized carbons (Fsp3) is 1.00. The second-order valence-corrected chi connectivity index (χ2v) is 7.13. The summed E-state index contributed by atoms with van der Waals surface area (Å²) in [6, 6.07) is 0.620. The van der Waals surface area contributed by atoms with Gasteiger partial charge in [-0.3, -0.25) is 0 Å². The molecule has 0 aromatic carbocycles. The van der Waals surface area contributed by atoms with Crippen LogP contribution in [-0.2, 0) is 0 Å². The van der Waals surface area contributed by atoms with Gasteiger partial charge in [-0.05, 0) is 44.7 Å². The van der Waals surface area contributed by atoms with Crippen LogP contribution in [0.1, 0.15) is 58.8 Å². The lowest BCUT2D eigenvalue weighted by molar-refractivity contribution is 0.000652. The van der Waals surface area contributed by atoms with Crippen molar-refractivity contribution in [3.8, 4) is 0 Å². The van der Waals surface area contributed by atoms with Crippen LogP contribution >= 0.6 is 0 Å². The molecule has 1 saturated heterocycles. The molecule has 0 aromatic heterocycles. The Morgan fingerprint density at radius 3 is 2.37 bits per heavy atom. The van der Waals surface area contributed by atoms with Gasteiger partial charge in [0, 0.05) is 19.1 Å². The minimum Gasteiger partial charge on any atom is -0.389 e. The SMILES string of the molecule is CC(C)CN1CCC(NCC2(O)CCCCC2)CC1. The highest BCUT2D eigenvalue weighted by molar-refractivity contribution is 4.87. The average molecular weight is 268 g/mol. The molecule has 1 heterocycles. The molecule has 0 radical (unpaired) electrons. The lowest BCUT2D eigenvalue weighted by atomic mass is 9.84. The lowest BCUT2D eigenvalue weighted by Gasteiger charge is -2.37. The summed E-state index contributed by atoms with van der Waals surface area (Å²) < 4.78 is 0. The number of hydrogen-bond acceptors (Lipinski definition) is 3. The molecule has 3 nitrogen and oxygen atoms in total. The van der Waals surface area contributed by atoms with E-state index in [1.807, 2.05) is 0 Å². The fourth-order valence-corrected chi connectivity index (χ4v) is 3.56. The van der Waals surface area contributed by atoms with E-state index in [0.29, 0.717) is 6.04 Å². The van der Waals surface area contributed by atoms with Crippen LogP contribution in [0, 0.1) is 5.92 Å². The van der Waals surface area contributed by atoms with E-state index >= 15 is 0 Å². The number of piperidine rings is 1. The van der Waals surface area contributed by atoms with Gasteiger partial charge in [-0.25, -0.2) is 0 Å². The van der Waals surface area contributed by atoms with Crippen molar-refractivity contribution >= 4 is 0 Å². The first-order chi connectivity index (χ1) is 9.07. The second-order valence-electron chi connectivity index (χ2n) is 7.13. The maximum absolute atomic E-state index is 10.5. The molecule has 19 heavy (non-hydrogen) atoms. The van der Waals surface area contributed by atoms with E-state index in [0.717, 1.165) is 25.3 Å². The third-order valence-corrected chi connectivity index (χ3v) is 4.71. The normalized spacial score (nSPS) is 25.9. The van der Waals surface area contributed by atoms with Crippen LogP contribution in [0.25, 0.3) is 0 Å². The fourth-order valence-electron chi connectivity index (χ4n) is 3.56. The summed E-state index contributed by atoms with van der Waals surface area (Å²) in [7, 11) is 0. The maximum Gasteiger partial charge on any atom is 0.0771 e. The zero-order valence-electron chi connectivity index (χ0n) is 12.8. The van der Waals surface area contributed by atoms with E-state index in [2.05, 4.69) is 24.1 Å². The van der Waals surface area contributed by atoms with Gasteiger partial charge in [0.25, 0.3) is 0 Å². The molecular formula is C16H32N2O. The van der Waals surface area contributed by atoms with Gasteiger partial charge in [-0.15, -0.1) is 0 Å². The highest BCUT2D eigenvalue weighted by Gasteiger charge is 2.30. The molecule has 3 heteroatoms. The van der Waals surface area contributed by atoms with Crippen molar-refractivity contribution in [1.29, 1.82) is 0 Å². The van der Waals surface area contributed by atoms with E-state index in [1.54, 1.807) is 0 Å². The maximum atomic E-state index is 10.5. The first kappa shape index (κ1) is 15.3. The van der Waals surface area contributed by atoms with Crippen LogP contribution in [0.2, 0.25) is 0 Å². The number of likely N-dealkylation sites (tertiary alicyclic amines) is 1. The molecule has 0 atom stereocenters. The van der Waals surface area contributed by atoms with Crippen molar-refractivity contribution in [3.05, 3.63) is 0 Å². The molecule has 112 valence electrons.